The van der Waals surface area contributed by atoms with Gasteiger partial charge in [-0.1, -0.05) is 36.8 Å². The zero-order chi connectivity index (χ0) is 19.1. The van der Waals surface area contributed by atoms with Crippen molar-refractivity contribution in [2.24, 2.45) is 16.9 Å². The molecule has 1 atom stereocenters. The first-order valence-electron chi connectivity index (χ1n) is 9.35. The molecule has 144 valence electrons. The van der Waals surface area contributed by atoms with Crippen molar-refractivity contribution < 1.29 is 0 Å². The molecule has 1 fully saturated rings. The molecule has 5 heteroatoms. The van der Waals surface area contributed by atoms with Gasteiger partial charge < -0.3 is 16.4 Å². The molecule has 0 saturated carbocycles. The number of hydrogen-bond acceptors (Lipinski definition) is 4. The molecular formula is C20H37ClN4. The standard InChI is InChI=1S/C20H37ClN4/c1-6-20(14-22)13-19(4,5)25(15-20)12-10-8-9-11-18(21)17(3)24(7-2)16-23/h8-11H,6-7,12-16,22-23H2,1-5H3/b10-8+,11-9-,18-17-. The van der Waals surface area contributed by atoms with Gasteiger partial charge in [0.25, 0.3) is 0 Å². The first-order valence-corrected chi connectivity index (χ1v) is 9.72. The average Bonchev–Trinajstić information content (AvgIpc) is 2.86. The third-order valence-electron chi connectivity index (χ3n) is 5.61. The summed E-state index contributed by atoms with van der Waals surface area (Å²) in [5.41, 5.74) is 13.2. The molecule has 0 radical (unpaired) electrons. The summed E-state index contributed by atoms with van der Waals surface area (Å²) in [6.45, 7) is 15.1. The number of nitrogens with zero attached hydrogens (tertiary/aromatic N) is 2. The molecule has 1 rings (SSSR count). The van der Waals surface area contributed by atoms with Crippen LogP contribution in [0.25, 0.3) is 0 Å². The van der Waals surface area contributed by atoms with Crippen molar-refractivity contribution in [3.05, 3.63) is 35.0 Å². The molecule has 1 unspecified atom stereocenters. The summed E-state index contributed by atoms with van der Waals surface area (Å²) in [5.74, 6) is 0. The topological polar surface area (TPSA) is 58.5 Å². The van der Waals surface area contributed by atoms with E-state index in [0.717, 1.165) is 49.7 Å². The molecular weight excluding hydrogens is 332 g/mol. The van der Waals surface area contributed by atoms with Crippen LogP contribution in [-0.4, -0.2) is 48.2 Å². The SMILES string of the molecule is CCN(CN)/C(C)=C(Cl)/C=C\C=C\CN1CC(CC)(CN)CC1(C)C. The van der Waals surface area contributed by atoms with Gasteiger partial charge in [0, 0.05) is 30.9 Å². The van der Waals surface area contributed by atoms with Crippen molar-refractivity contribution in [2.45, 2.75) is 53.0 Å². The normalized spacial score (nSPS) is 25.1. The van der Waals surface area contributed by atoms with E-state index < -0.39 is 0 Å². The van der Waals surface area contributed by atoms with Crippen molar-refractivity contribution in [2.75, 3.05) is 32.8 Å². The Hall–Kier alpha value is -0.810. The molecule has 25 heavy (non-hydrogen) atoms. The van der Waals surface area contributed by atoms with Crippen molar-refractivity contribution >= 4 is 11.6 Å². The van der Waals surface area contributed by atoms with E-state index in [4.69, 9.17) is 23.1 Å². The second kappa shape index (κ2) is 9.77. The third-order valence-corrected chi connectivity index (χ3v) is 6.01. The average molecular weight is 369 g/mol. The molecule has 4 nitrogen and oxygen atoms in total. The molecule has 1 aliphatic rings. The van der Waals surface area contributed by atoms with Gasteiger partial charge in [0.2, 0.25) is 0 Å². The van der Waals surface area contributed by atoms with E-state index in [1.165, 1.54) is 0 Å². The van der Waals surface area contributed by atoms with E-state index >= 15 is 0 Å². The fourth-order valence-corrected chi connectivity index (χ4v) is 3.91. The number of allylic oxidation sites excluding steroid dienone is 5. The Balaban J connectivity index is 2.65. The fourth-order valence-electron chi connectivity index (χ4n) is 3.72. The van der Waals surface area contributed by atoms with Crippen molar-refractivity contribution in [1.29, 1.82) is 0 Å². The molecule has 0 aliphatic carbocycles. The summed E-state index contributed by atoms with van der Waals surface area (Å²) >= 11 is 6.35. The highest BCUT2D eigenvalue weighted by molar-refractivity contribution is 6.31. The van der Waals surface area contributed by atoms with Gasteiger partial charge in [-0.3, -0.25) is 4.90 Å². The van der Waals surface area contributed by atoms with Gasteiger partial charge in [-0.15, -0.1) is 0 Å². The van der Waals surface area contributed by atoms with Crippen molar-refractivity contribution in [1.82, 2.24) is 9.80 Å². The third kappa shape index (κ3) is 5.85. The summed E-state index contributed by atoms with van der Waals surface area (Å²) < 4.78 is 0. The van der Waals surface area contributed by atoms with E-state index in [1.54, 1.807) is 0 Å². The van der Waals surface area contributed by atoms with E-state index in [9.17, 15) is 0 Å². The first-order chi connectivity index (χ1) is 11.7. The van der Waals surface area contributed by atoms with Crippen LogP contribution in [0.5, 0.6) is 0 Å². The first kappa shape index (κ1) is 22.2. The maximum Gasteiger partial charge on any atom is 0.0654 e. The predicted octanol–water partition coefficient (Wildman–Crippen LogP) is 3.65. The maximum atomic E-state index is 6.35. The number of likely N-dealkylation sites (tertiary alicyclic amines) is 1. The maximum absolute atomic E-state index is 6.35. The van der Waals surface area contributed by atoms with Crippen LogP contribution >= 0.6 is 11.6 Å². The predicted molar refractivity (Wildman–Crippen MR) is 110 cm³/mol. The van der Waals surface area contributed by atoms with E-state index in [2.05, 4.69) is 44.7 Å². The lowest BCUT2D eigenvalue weighted by molar-refractivity contribution is 0.192. The quantitative estimate of drug-likeness (QED) is 0.481. The smallest absolute Gasteiger partial charge is 0.0654 e. The Kier molecular flexibility index (Phi) is 8.69. The van der Waals surface area contributed by atoms with Crippen LogP contribution in [0.1, 0.15) is 47.5 Å². The largest absolute Gasteiger partial charge is 0.362 e. The van der Waals surface area contributed by atoms with Crippen LogP contribution in [0, 0.1) is 5.41 Å². The Morgan fingerprint density at radius 2 is 1.92 bits per heavy atom. The lowest BCUT2D eigenvalue weighted by Gasteiger charge is -2.30. The molecule has 0 amide bonds. The molecule has 0 bridgehead atoms. The molecule has 0 aromatic heterocycles. The van der Waals surface area contributed by atoms with Gasteiger partial charge in [-0.2, -0.15) is 0 Å². The van der Waals surface area contributed by atoms with Crippen LogP contribution in [0.15, 0.2) is 35.0 Å². The second-order valence-electron chi connectivity index (χ2n) is 7.69. The molecule has 0 aromatic carbocycles. The summed E-state index contributed by atoms with van der Waals surface area (Å²) in [6.07, 6.45) is 10.5. The minimum absolute atomic E-state index is 0.195. The molecule has 0 aromatic rings. The molecule has 4 N–H and O–H groups in total. The highest BCUT2D eigenvalue weighted by atomic mass is 35.5. The summed E-state index contributed by atoms with van der Waals surface area (Å²) in [5, 5.41) is 0.728. The highest BCUT2D eigenvalue weighted by Gasteiger charge is 2.45. The minimum atomic E-state index is 0.195. The Bertz CT molecular complexity index is 500. The van der Waals surface area contributed by atoms with Crippen molar-refractivity contribution in [3.8, 4) is 0 Å². The van der Waals surface area contributed by atoms with Gasteiger partial charge in [0.05, 0.1) is 11.7 Å². The molecule has 1 saturated heterocycles. The summed E-state index contributed by atoms with van der Waals surface area (Å²) in [7, 11) is 0. The van der Waals surface area contributed by atoms with E-state index in [0.29, 0.717) is 6.67 Å². The lowest BCUT2D eigenvalue weighted by atomic mass is 9.80. The zero-order valence-electron chi connectivity index (χ0n) is 16.7. The summed E-state index contributed by atoms with van der Waals surface area (Å²) in [6, 6.07) is 0. The van der Waals surface area contributed by atoms with E-state index in [1.807, 2.05) is 24.0 Å². The monoisotopic (exact) mass is 368 g/mol. The highest BCUT2D eigenvalue weighted by Crippen LogP contribution is 2.42. The zero-order valence-corrected chi connectivity index (χ0v) is 17.4. The van der Waals surface area contributed by atoms with Crippen LogP contribution in [0.4, 0.5) is 0 Å². The van der Waals surface area contributed by atoms with Gasteiger partial charge in [-0.05, 0) is 58.6 Å². The fraction of sp³-hybridized carbons (Fsp3) is 0.700. The Labute approximate surface area is 159 Å². The molecule has 1 heterocycles. The molecule has 0 spiro atoms. The van der Waals surface area contributed by atoms with Gasteiger partial charge >= 0.3 is 0 Å². The van der Waals surface area contributed by atoms with Gasteiger partial charge in [-0.25, -0.2) is 0 Å². The Morgan fingerprint density at radius 3 is 2.40 bits per heavy atom. The van der Waals surface area contributed by atoms with Crippen LogP contribution in [-0.2, 0) is 0 Å². The number of rotatable bonds is 9. The van der Waals surface area contributed by atoms with Crippen molar-refractivity contribution in [3.63, 3.8) is 0 Å². The number of hydrogen-bond donors (Lipinski definition) is 2. The van der Waals surface area contributed by atoms with E-state index in [-0.39, 0.29) is 11.0 Å². The van der Waals surface area contributed by atoms with Gasteiger partial charge in [0.1, 0.15) is 0 Å². The second-order valence-corrected chi connectivity index (χ2v) is 8.09. The Morgan fingerprint density at radius 1 is 1.24 bits per heavy atom. The summed E-state index contributed by atoms with van der Waals surface area (Å²) in [4.78, 5) is 4.57. The lowest BCUT2D eigenvalue weighted by Crippen LogP contribution is -2.38. The van der Waals surface area contributed by atoms with Crippen LogP contribution < -0.4 is 11.5 Å². The number of nitrogens with two attached hydrogens (primary N) is 2. The van der Waals surface area contributed by atoms with Crippen LogP contribution in [0.3, 0.4) is 0 Å². The number of halogens is 1. The van der Waals surface area contributed by atoms with Crippen LogP contribution in [0.2, 0.25) is 0 Å². The molecule has 1 aliphatic heterocycles. The minimum Gasteiger partial charge on any atom is -0.362 e. The van der Waals surface area contributed by atoms with Gasteiger partial charge in [0.15, 0.2) is 0 Å².